The van der Waals surface area contributed by atoms with Gasteiger partial charge < -0.3 is 10.6 Å². The number of nitrogens with one attached hydrogen (secondary N) is 2. The van der Waals surface area contributed by atoms with Crippen LogP contribution in [-0.2, 0) is 4.79 Å². The summed E-state index contributed by atoms with van der Waals surface area (Å²) in [5, 5.41) is 8.40. The van der Waals surface area contributed by atoms with Crippen molar-refractivity contribution in [1.29, 1.82) is 0 Å². The summed E-state index contributed by atoms with van der Waals surface area (Å²) in [7, 11) is 0. The van der Waals surface area contributed by atoms with Gasteiger partial charge in [-0.2, -0.15) is 0 Å². The molecule has 17 heavy (non-hydrogen) atoms. The molecule has 0 fully saturated rings. The molecule has 1 amide bonds. The molecule has 0 radical (unpaired) electrons. The predicted octanol–water partition coefficient (Wildman–Crippen LogP) is 2.71. The molecule has 1 atom stereocenters. The lowest BCUT2D eigenvalue weighted by molar-refractivity contribution is -0.121. The van der Waals surface area contributed by atoms with Crippen molar-refractivity contribution < 1.29 is 4.79 Å². The second kappa shape index (κ2) is 8.25. The lowest BCUT2D eigenvalue weighted by Gasteiger charge is -2.15. The smallest absolute Gasteiger partial charge is 0.221 e. The van der Waals surface area contributed by atoms with Crippen molar-refractivity contribution >= 4 is 17.2 Å². The minimum Gasteiger partial charge on any atom is -0.356 e. The molecule has 1 aromatic rings. The molecule has 3 nitrogen and oxygen atoms in total. The van der Waals surface area contributed by atoms with Gasteiger partial charge in [0.25, 0.3) is 0 Å². The molecule has 0 aliphatic rings. The third-order valence-corrected chi connectivity index (χ3v) is 3.60. The number of thiophene rings is 1. The van der Waals surface area contributed by atoms with Gasteiger partial charge in [-0.15, -0.1) is 11.3 Å². The van der Waals surface area contributed by atoms with Gasteiger partial charge >= 0.3 is 0 Å². The van der Waals surface area contributed by atoms with Gasteiger partial charge in [-0.3, -0.25) is 4.79 Å². The normalized spacial score (nSPS) is 12.4. The van der Waals surface area contributed by atoms with E-state index in [0.29, 0.717) is 12.5 Å². The SMILES string of the molecule is CCCNC(=O)CCNC(CC)c1cccs1. The monoisotopic (exact) mass is 254 g/mol. The summed E-state index contributed by atoms with van der Waals surface area (Å²) in [6, 6.07) is 4.59. The highest BCUT2D eigenvalue weighted by atomic mass is 32.1. The second-order valence-corrected chi connectivity index (χ2v) is 5.01. The van der Waals surface area contributed by atoms with E-state index in [-0.39, 0.29) is 5.91 Å². The van der Waals surface area contributed by atoms with Crippen LogP contribution in [0.25, 0.3) is 0 Å². The highest BCUT2D eigenvalue weighted by Crippen LogP contribution is 2.21. The third-order valence-electron chi connectivity index (χ3n) is 2.61. The van der Waals surface area contributed by atoms with E-state index in [2.05, 4.69) is 42.0 Å². The van der Waals surface area contributed by atoms with E-state index in [1.165, 1.54) is 4.88 Å². The van der Waals surface area contributed by atoms with Crippen LogP contribution in [0.4, 0.5) is 0 Å². The first-order valence-corrected chi connectivity index (χ1v) is 7.19. The van der Waals surface area contributed by atoms with Crippen LogP contribution in [0, 0.1) is 0 Å². The Morgan fingerprint density at radius 1 is 1.41 bits per heavy atom. The lowest BCUT2D eigenvalue weighted by Crippen LogP contribution is -2.29. The molecular formula is C13H22N2OS. The Morgan fingerprint density at radius 2 is 2.24 bits per heavy atom. The first-order chi connectivity index (χ1) is 8.27. The van der Waals surface area contributed by atoms with Crippen LogP contribution >= 0.6 is 11.3 Å². The summed E-state index contributed by atoms with van der Waals surface area (Å²) in [6.07, 6.45) is 2.60. The maximum absolute atomic E-state index is 11.4. The summed E-state index contributed by atoms with van der Waals surface area (Å²) in [5.74, 6) is 0.139. The Labute approximate surface area is 108 Å². The van der Waals surface area contributed by atoms with E-state index in [0.717, 1.165) is 25.9 Å². The van der Waals surface area contributed by atoms with E-state index < -0.39 is 0 Å². The van der Waals surface area contributed by atoms with Crippen LogP contribution in [0.2, 0.25) is 0 Å². The van der Waals surface area contributed by atoms with Crippen LogP contribution < -0.4 is 10.6 Å². The predicted molar refractivity (Wildman–Crippen MR) is 73.3 cm³/mol. The van der Waals surface area contributed by atoms with E-state index in [1.807, 2.05) is 0 Å². The van der Waals surface area contributed by atoms with Crippen LogP contribution in [0.5, 0.6) is 0 Å². The van der Waals surface area contributed by atoms with E-state index in [4.69, 9.17) is 0 Å². The number of amides is 1. The van der Waals surface area contributed by atoms with Crippen LogP contribution in [0.3, 0.4) is 0 Å². The molecule has 0 bridgehead atoms. The maximum Gasteiger partial charge on any atom is 0.221 e. The molecule has 2 N–H and O–H groups in total. The molecule has 0 spiro atoms. The van der Waals surface area contributed by atoms with Gasteiger partial charge in [0.2, 0.25) is 5.91 Å². The fourth-order valence-corrected chi connectivity index (χ4v) is 2.53. The van der Waals surface area contributed by atoms with Gasteiger partial charge in [0.1, 0.15) is 0 Å². The van der Waals surface area contributed by atoms with Gasteiger partial charge in [0.15, 0.2) is 0 Å². The van der Waals surface area contributed by atoms with Crippen molar-refractivity contribution in [3.8, 4) is 0 Å². The number of hydrogen-bond acceptors (Lipinski definition) is 3. The van der Waals surface area contributed by atoms with Crippen LogP contribution in [-0.4, -0.2) is 19.0 Å². The first kappa shape index (κ1) is 14.2. The van der Waals surface area contributed by atoms with Gasteiger partial charge in [0, 0.05) is 30.4 Å². The first-order valence-electron chi connectivity index (χ1n) is 6.31. The lowest BCUT2D eigenvalue weighted by atomic mass is 10.2. The molecular weight excluding hydrogens is 232 g/mol. The standard InChI is InChI=1S/C13H22N2OS/c1-3-8-15-13(16)7-9-14-11(4-2)12-6-5-10-17-12/h5-6,10-11,14H,3-4,7-9H2,1-2H3,(H,15,16). The summed E-state index contributed by atoms with van der Waals surface area (Å²) in [5.41, 5.74) is 0. The minimum atomic E-state index is 0.139. The maximum atomic E-state index is 11.4. The minimum absolute atomic E-state index is 0.139. The number of rotatable bonds is 8. The zero-order chi connectivity index (χ0) is 12.5. The summed E-state index contributed by atoms with van der Waals surface area (Å²) in [4.78, 5) is 12.8. The Hall–Kier alpha value is -0.870. The number of carbonyl (C=O) groups is 1. The molecule has 0 aromatic carbocycles. The molecule has 0 saturated carbocycles. The Balaban J connectivity index is 2.22. The van der Waals surface area contributed by atoms with Gasteiger partial charge in [0.05, 0.1) is 0 Å². The topological polar surface area (TPSA) is 41.1 Å². The number of hydrogen-bond donors (Lipinski definition) is 2. The van der Waals surface area contributed by atoms with Crippen molar-refractivity contribution in [2.45, 2.75) is 39.2 Å². The molecule has 0 saturated heterocycles. The van der Waals surface area contributed by atoms with E-state index in [1.54, 1.807) is 11.3 Å². The molecule has 0 aliphatic carbocycles. The van der Waals surface area contributed by atoms with Crippen LogP contribution in [0.15, 0.2) is 17.5 Å². The molecule has 1 unspecified atom stereocenters. The van der Waals surface area contributed by atoms with Gasteiger partial charge in [-0.25, -0.2) is 0 Å². The highest BCUT2D eigenvalue weighted by Gasteiger charge is 2.09. The Kier molecular flexibility index (Phi) is 6.89. The molecule has 0 aliphatic heterocycles. The van der Waals surface area contributed by atoms with Crippen molar-refractivity contribution in [3.05, 3.63) is 22.4 Å². The molecule has 1 rings (SSSR count). The average Bonchev–Trinajstić information content (AvgIpc) is 2.85. The quantitative estimate of drug-likeness (QED) is 0.749. The average molecular weight is 254 g/mol. The molecule has 1 heterocycles. The largest absolute Gasteiger partial charge is 0.356 e. The summed E-state index contributed by atoms with van der Waals surface area (Å²) < 4.78 is 0. The molecule has 96 valence electrons. The highest BCUT2D eigenvalue weighted by molar-refractivity contribution is 7.10. The number of carbonyl (C=O) groups excluding carboxylic acids is 1. The fourth-order valence-electron chi connectivity index (χ4n) is 1.65. The van der Waals surface area contributed by atoms with Crippen LogP contribution in [0.1, 0.15) is 44.0 Å². The fraction of sp³-hybridized carbons (Fsp3) is 0.615. The van der Waals surface area contributed by atoms with Crippen molar-refractivity contribution in [2.24, 2.45) is 0 Å². The zero-order valence-electron chi connectivity index (χ0n) is 10.7. The molecule has 4 heteroatoms. The van der Waals surface area contributed by atoms with E-state index >= 15 is 0 Å². The third kappa shape index (κ3) is 5.33. The van der Waals surface area contributed by atoms with Crippen molar-refractivity contribution in [1.82, 2.24) is 10.6 Å². The van der Waals surface area contributed by atoms with E-state index in [9.17, 15) is 4.79 Å². The second-order valence-electron chi connectivity index (χ2n) is 4.03. The zero-order valence-corrected chi connectivity index (χ0v) is 11.5. The molecule has 1 aromatic heterocycles. The summed E-state index contributed by atoms with van der Waals surface area (Å²) in [6.45, 7) is 5.74. The Bertz CT molecular complexity index is 311. The van der Waals surface area contributed by atoms with Crippen molar-refractivity contribution in [3.63, 3.8) is 0 Å². The van der Waals surface area contributed by atoms with Crippen molar-refractivity contribution in [2.75, 3.05) is 13.1 Å². The van der Waals surface area contributed by atoms with Gasteiger partial charge in [-0.05, 0) is 24.3 Å². The summed E-state index contributed by atoms with van der Waals surface area (Å²) >= 11 is 1.77. The van der Waals surface area contributed by atoms with Gasteiger partial charge in [-0.1, -0.05) is 19.9 Å². The Morgan fingerprint density at radius 3 is 2.82 bits per heavy atom.